The van der Waals surface area contributed by atoms with Gasteiger partial charge in [-0.25, -0.2) is 4.39 Å². The molecule has 0 spiro atoms. The zero-order valence-corrected chi connectivity index (χ0v) is 23.1. The van der Waals surface area contributed by atoms with E-state index in [1.54, 1.807) is 31.4 Å². The van der Waals surface area contributed by atoms with Crippen molar-refractivity contribution in [3.05, 3.63) is 59.9 Å². The predicted molar refractivity (Wildman–Crippen MR) is 147 cm³/mol. The summed E-state index contributed by atoms with van der Waals surface area (Å²) in [5.41, 5.74) is 1.26. The molecule has 1 heterocycles. The van der Waals surface area contributed by atoms with E-state index < -0.39 is 11.9 Å². The Kier molecular flexibility index (Phi) is 10.6. The van der Waals surface area contributed by atoms with Crippen LogP contribution in [0.3, 0.4) is 0 Å². The quantitative estimate of drug-likeness (QED) is 0.320. The summed E-state index contributed by atoms with van der Waals surface area (Å²) in [4.78, 5) is 30.2. The molecule has 1 aliphatic rings. The fourth-order valence-electron chi connectivity index (χ4n) is 4.90. The molecule has 2 aromatic carbocycles. The SMILES string of the molecule is CCOCCCN(C(=O)Cn1nnc(-c2ccc(OC)cc2)n1)[C@@H](C(=O)NC1CCCCC1)c1ccc(F)cc1. The first-order valence-electron chi connectivity index (χ1n) is 13.8. The molecule has 1 N–H and O–H groups in total. The maximum absolute atomic E-state index is 13.8. The number of benzene rings is 2. The lowest BCUT2D eigenvalue weighted by Gasteiger charge is -2.33. The van der Waals surface area contributed by atoms with Crippen LogP contribution in [0.25, 0.3) is 11.4 Å². The van der Waals surface area contributed by atoms with Gasteiger partial charge in [-0.1, -0.05) is 31.4 Å². The highest BCUT2D eigenvalue weighted by atomic mass is 19.1. The average Bonchev–Trinajstić information content (AvgIpc) is 3.44. The fourth-order valence-corrected chi connectivity index (χ4v) is 4.90. The molecule has 1 aliphatic carbocycles. The maximum atomic E-state index is 13.8. The second-order valence-electron chi connectivity index (χ2n) is 9.81. The summed E-state index contributed by atoms with van der Waals surface area (Å²) < 4.78 is 24.5. The molecule has 0 saturated heterocycles. The van der Waals surface area contributed by atoms with E-state index in [4.69, 9.17) is 9.47 Å². The van der Waals surface area contributed by atoms with Crippen LogP contribution >= 0.6 is 0 Å². The van der Waals surface area contributed by atoms with Crippen molar-refractivity contribution in [3.8, 4) is 17.1 Å². The zero-order valence-electron chi connectivity index (χ0n) is 23.1. The number of nitrogens with one attached hydrogen (secondary N) is 1. The van der Waals surface area contributed by atoms with E-state index in [1.165, 1.54) is 21.8 Å². The van der Waals surface area contributed by atoms with Gasteiger partial charge in [0, 0.05) is 31.4 Å². The topological polar surface area (TPSA) is 111 Å². The van der Waals surface area contributed by atoms with Gasteiger partial charge < -0.3 is 19.7 Å². The Labute approximate surface area is 233 Å². The van der Waals surface area contributed by atoms with E-state index in [2.05, 4.69) is 20.7 Å². The van der Waals surface area contributed by atoms with Crippen molar-refractivity contribution in [3.63, 3.8) is 0 Å². The number of ether oxygens (including phenoxy) is 2. The number of tetrazole rings is 1. The second-order valence-corrected chi connectivity index (χ2v) is 9.81. The molecule has 0 radical (unpaired) electrons. The van der Waals surface area contributed by atoms with Crippen LogP contribution in [0, 0.1) is 5.82 Å². The molecule has 3 aromatic rings. The number of hydrogen-bond acceptors (Lipinski definition) is 7. The molecule has 1 fully saturated rings. The number of aromatic nitrogens is 4. The summed E-state index contributed by atoms with van der Waals surface area (Å²) in [5.74, 6) is 0.00940. The van der Waals surface area contributed by atoms with Gasteiger partial charge in [-0.15, -0.1) is 10.2 Å². The van der Waals surface area contributed by atoms with Crippen LogP contribution in [-0.2, 0) is 20.9 Å². The third-order valence-corrected chi connectivity index (χ3v) is 6.99. The normalized spacial score (nSPS) is 14.5. The van der Waals surface area contributed by atoms with Crippen LogP contribution in [0.5, 0.6) is 5.75 Å². The summed E-state index contributed by atoms with van der Waals surface area (Å²) in [6.45, 7) is 2.93. The fraction of sp³-hybridized carbons (Fsp3) is 0.483. The van der Waals surface area contributed by atoms with E-state index in [1.807, 2.05) is 19.1 Å². The Balaban J connectivity index is 1.58. The zero-order chi connectivity index (χ0) is 28.3. The molecule has 10 nitrogen and oxygen atoms in total. The Bertz CT molecular complexity index is 1230. The van der Waals surface area contributed by atoms with Crippen LogP contribution < -0.4 is 10.1 Å². The van der Waals surface area contributed by atoms with Crippen LogP contribution in [0.2, 0.25) is 0 Å². The molecule has 214 valence electrons. The van der Waals surface area contributed by atoms with Gasteiger partial charge in [0.25, 0.3) is 0 Å². The molecule has 0 unspecified atom stereocenters. The van der Waals surface area contributed by atoms with Crippen LogP contribution in [-0.4, -0.2) is 69.8 Å². The van der Waals surface area contributed by atoms with Crippen molar-refractivity contribution in [1.29, 1.82) is 0 Å². The van der Waals surface area contributed by atoms with Crippen LogP contribution in [0.1, 0.15) is 57.1 Å². The van der Waals surface area contributed by atoms with E-state index in [0.29, 0.717) is 36.8 Å². The standard InChI is InChI=1S/C29H37FN6O4/c1-3-40-19-7-18-35(26(37)20-36-33-28(32-34-36)22-12-16-25(39-2)17-13-22)27(21-10-14-23(30)15-11-21)29(38)31-24-8-5-4-6-9-24/h10-17,24,27H,3-9,18-20H2,1-2H3,(H,31,38)/t27-/m1/s1. The molecule has 0 aliphatic heterocycles. The van der Waals surface area contributed by atoms with Gasteiger partial charge in [-0.3, -0.25) is 9.59 Å². The monoisotopic (exact) mass is 552 g/mol. The number of amides is 2. The minimum absolute atomic E-state index is 0.0496. The van der Waals surface area contributed by atoms with Gasteiger partial charge in [0.05, 0.1) is 7.11 Å². The molecule has 1 saturated carbocycles. The minimum atomic E-state index is -0.943. The predicted octanol–water partition coefficient (Wildman–Crippen LogP) is 3.93. The van der Waals surface area contributed by atoms with Crippen molar-refractivity contribution in [1.82, 2.24) is 30.4 Å². The molecule has 1 atom stereocenters. The molecule has 40 heavy (non-hydrogen) atoms. The summed E-state index contributed by atoms with van der Waals surface area (Å²) >= 11 is 0. The molecular formula is C29H37FN6O4. The number of carbonyl (C=O) groups excluding carboxylic acids is 2. The van der Waals surface area contributed by atoms with E-state index in [0.717, 1.165) is 37.7 Å². The Morgan fingerprint density at radius 3 is 2.50 bits per heavy atom. The lowest BCUT2D eigenvalue weighted by Crippen LogP contribution is -2.48. The summed E-state index contributed by atoms with van der Waals surface area (Å²) in [6, 6.07) is 12.0. The minimum Gasteiger partial charge on any atom is -0.497 e. The first-order valence-corrected chi connectivity index (χ1v) is 13.8. The average molecular weight is 553 g/mol. The second kappa shape index (κ2) is 14.5. The lowest BCUT2D eigenvalue weighted by atomic mass is 9.94. The van der Waals surface area contributed by atoms with Crippen molar-refractivity contribution in [2.75, 3.05) is 26.9 Å². The summed E-state index contributed by atoms with van der Waals surface area (Å²) in [5, 5.41) is 15.7. The highest BCUT2D eigenvalue weighted by molar-refractivity contribution is 5.89. The Hall–Kier alpha value is -3.86. The van der Waals surface area contributed by atoms with Crippen molar-refractivity contribution < 1.29 is 23.5 Å². The smallest absolute Gasteiger partial charge is 0.247 e. The van der Waals surface area contributed by atoms with Crippen molar-refractivity contribution in [2.45, 2.75) is 64.1 Å². The van der Waals surface area contributed by atoms with E-state index >= 15 is 0 Å². The number of carbonyl (C=O) groups is 2. The highest BCUT2D eigenvalue weighted by Crippen LogP contribution is 2.25. The van der Waals surface area contributed by atoms with E-state index in [9.17, 15) is 14.0 Å². The number of rotatable bonds is 13. The Morgan fingerprint density at radius 1 is 1.10 bits per heavy atom. The van der Waals surface area contributed by atoms with Gasteiger partial charge in [-0.05, 0) is 73.4 Å². The molecule has 11 heteroatoms. The summed E-state index contributed by atoms with van der Waals surface area (Å²) in [6.07, 6.45) is 5.58. The molecule has 1 aromatic heterocycles. The first-order chi connectivity index (χ1) is 19.5. The molecule has 0 bridgehead atoms. The van der Waals surface area contributed by atoms with Crippen LogP contribution in [0.15, 0.2) is 48.5 Å². The summed E-state index contributed by atoms with van der Waals surface area (Å²) in [7, 11) is 1.59. The Morgan fingerprint density at radius 2 is 1.82 bits per heavy atom. The number of hydrogen-bond donors (Lipinski definition) is 1. The van der Waals surface area contributed by atoms with Crippen molar-refractivity contribution in [2.24, 2.45) is 0 Å². The number of methoxy groups -OCH3 is 1. The van der Waals surface area contributed by atoms with Crippen molar-refractivity contribution >= 4 is 11.8 Å². The molecule has 2 amide bonds. The number of halogens is 1. The van der Waals surface area contributed by atoms with Gasteiger partial charge in [-0.2, -0.15) is 4.80 Å². The third-order valence-electron chi connectivity index (χ3n) is 6.99. The maximum Gasteiger partial charge on any atom is 0.247 e. The lowest BCUT2D eigenvalue weighted by molar-refractivity contribution is -0.142. The molecule has 4 rings (SSSR count). The molecular weight excluding hydrogens is 515 g/mol. The van der Waals surface area contributed by atoms with Gasteiger partial charge in [0.1, 0.15) is 24.2 Å². The first kappa shape index (κ1) is 29.1. The highest BCUT2D eigenvalue weighted by Gasteiger charge is 2.33. The third kappa shape index (κ3) is 7.84. The van der Waals surface area contributed by atoms with Crippen LogP contribution in [0.4, 0.5) is 4.39 Å². The van der Waals surface area contributed by atoms with Gasteiger partial charge in [0.2, 0.25) is 17.6 Å². The van der Waals surface area contributed by atoms with Gasteiger partial charge >= 0.3 is 0 Å². The number of nitrogens with zero attached hydrogens (tertiary/aromatic N) is 5. The van der Waals surface area contributed by atoms with E-state index in [-0.39, 0.29) is 30.9 Å². The largest absolute Gasteiger partial charge is 0.497 e. The van der Waals surface area contributed by atoms with Gasteiger partial charge in [0.15, 0.2) is 0 Å².